The molecule has 184 valence electrons. The van der Waals surface area contributed by atoms with Crippen molar-refractivity contribution >= 4 is 22.6 Å². The van der Waals surface area contributed by atoms with Gasteiger partial charge in [0.2, 0.25) is 0 Å². The first kappa shape index (κ1) is 23.1. The Kier molecular flexibility index (Phi) is 6.44. The second-order valence-electron chi connectivity index (χ2n) is 9.43. The highest BCUT2D eigenvalue weighted by Crippen LogP contribution is 2.34. The van der Waals surface area contributed by atoms with Gasteiger partial charge in [-0.3, -0.25) is 19.7 Å². The fourth-order valence-corrected chi connectivity index (χ4v) is 5.11. The molecule has 37 heavy (non-hydrogen) atoms. The normalized spacial score (nSPS) is 15.0. The first-order valence-corrected chi connectivity index (χ1v) is 12.7. The fourth-order valence-electron chi connectivity index (χ4n) is 5.11. The lowest BCUT2D eigenvalue weighted by atomic mass is 9.90. The van der Waals surface area contributed by atoms with Crippen LogP contribution in [0.3, 0.4) is 0 Å². The predicted molar refractivity (Wildman–Crippen MR) is 144 cm³/mol. The number of nitrogens with zero attached hydrogens (tertiary/aromatic N) is 4. The maximum Gasteiger partial charge on any atom is 0.274 e. The number of aromatic amines is 1. The highest BCUT2D eigenvalue weighted by atomic mass is 16.1. The van der Waals surface area contributed by atoms with Crippen LogP contribution in [0.4, 0.5) is 5.69 Å². The number of H-pyrrole nitrogens is 1. The number of rotatable bonds is 7. The number of carbonyl (C=O) groups is 1. The Labute approximate surface area is 215 Å². The number of benzene rings is 2. The molecule has 3 heterocycles. The molecule has 7 heteroatoms. The Hall–Kier alpha value is -4.36. The van der Waals surface area contributed by atoms with Crippen molar-refractivity contribution in [2.75, 3.05) is 5.32 Å². The van der Waals surface area contributed by atoms with E-state index in [4.69, 9.17) is 9.97 Å². The molecule has 3 aromatic heterocycles. The van der Waals surface area contributed by atoms with E-state index in [1.807, 2.05) is 42.6 Å². The predicted octanol–water partition coefficient (Wildman–Crippen LogP) is 5.69. The minimum absolute atomic E-state index is 0.210. The number of nitrogens with one attached hydrogen (secondary N) is 2. The van der Waals surface area contributed by atoms with Gasteiger partial charge in [-0.15, -0.1) is 0 Å². The van der Waals surface area contributed by atoms with E-state index in [0.29, 0.717) is 12.2 Å². The third-order valence-electron chi connectivity index (χ3n) is 6.89. The van der Waals surface area contributed by atoms with E-state index in [1.54, 1.807) is 24.4 Å². The minimum atomic E-state index is -0.218. The lowest BCUT2D eigenvalue weighted by Gasteiger charge is -2.34. The van der Waals surface area contributed by atoms with Gasteiger partial charge >= 0.3 is 0 Å². The maximum absolute atomic E-state index is 12.5. The molecule has 0 saturated heterocycles. The summed E-state index contributed by atoms with van der Waals surface area (Å²) in [6, 6.07) is 25.9. The lowest BCUT2D eigenvalue weighted by Crippen LogP contribution is -2.31. The lowest BCUT2D eigenvalue weighted by molar-refractivity contribution is 0.102. The van der Waals surface area contributed by atoms with Crippen molar-refractivity contribution in [1.82, 2.24) is 24.8 Å². The highest BCUT2D eigenvalue weighted by Gasteiger charge is 2.28. The number of aryl methyl sites for hydroxylation is 1. The van der Waals surface area contributed by atoms with Crippen LogP contribution < -0.4 is 5.32 Å². The molecule has 0 spiro atoms. The first-order valence-electron chi connectivity index (χ1n) is 12.7. The first-order chi connectivity index (χ1) is 18.2. The molecule has 0 radical (unpaired) electrons. The molecule has 0 bridgehead atoms. The molecule has 1 unspecified atom stereocenters. The maximum atomic E-state index is 12.5. The van der Waals surface area contributed by atoms with Crippen LogP contribution in [-0.2, 0) is 19.5 Å². The van der Waals surface area contributed by atoms with Crippen LogP contribution in [0.25, 0.3) is 11.0 Å². The zero-order valence-electron chi connectivity index (χ0n) is 20.5. The number of aromatic nitrogens is 4. The molecular weight excluding hydrogens is 460 g/mol. The number of hydrogen-bond acceptors (Lipinski definition) is 5. The molecule has 5 aromatic rings. The van der Waals surface area contributed by atoms with Crippen LogP contribution in [-0.4, -0.2) is 30.7 Å². The Morgan fingerprint density at radius 3 is 2.59 bits per heavy atom. The van der Waals surface area contributed by atoms with Crippen molar-refractivity contribution in [2.45, 2.75) is 38.4 Å². The van der Waals surface area contributed by atoms with Crippen LogP contribution in [0.2, 0.25) is 0 Å². The van der Waals surface area contributed by atoms with Gasteiger partial charge in [0.05, 0.1) is 29.3 Å². The standard InChI is InChI=1S/C30H28N6O/c37-30(26-11-3-4-17-31-26)33-23-15-13-21(14-16-23)19-36(20-28-34-24-9-1-2-10-25(24)35-28)27-12-5-7-22-8-6-18-32-29(22)27/h1-4,6,8-11,13-18,27H,5,7,12,19-20H2,(H,33,37)(H,34,35). The number of carbonyl (C=O) groups excluding carboxylic acids is 1. The number of hydrogen-bond donors (Lipinski definition) is 2. The van der Waals surface area contributed by atoms with Crippen LogP contribution in [0.15, 0.2) is 91.3 Å². The number of para-hydroxylation sites is 2. The summed E-state index contributed by atoms with van der Waals surface area (Å²) in [5, 5.41) is 2.93. The van der Waals surface area contributed by atoms with E-state index in [2.05, 4.69) is 44.5 Å². The summed E-state index contributed by atoms with van der Waals surface area (Å²) in [6.07, 6.45) is 6.78. The highest BCUT2D eigenvalue weighted by molar-refractivity contribution is 6.02. The van der Waals surface area contributed by atoms with Crippen molar-refractivity contribution in [1.29, 1.82) is 0 Å². The zero-order chi connectivity index (χ0) is 25.0. The van der Waals surface area contributed by atoms with Crippen molar-refractivity contribution in [3.63, 3.8) is 0 Å². The van der Waals surface area contributed by atoms with E-state index in [1.165, 1.54) is 11.3 Å². The Morgan fingerprint density at radius 1 is 0.919 bits per heavy atom. The van der Waals surface area contributed by atoms with E-state index in [9.17, 15) is 4.79 Å². The summed E-state index contributed by atoms with van der Waals surface area (Å²) in [7, 11) is 0. The minimum Gasteiger partial charge on any atom is -0.341 e. The Bertz CT molecular complexity index is 1480. The Morgan fingerprint density at radius 2 is 1.76 bits per heavy atom. The molecule has 1 amide bonds. The molecule has 0 fully saturated rings. The van der Waals surface area contributed by atoms with Gasteiger partial charge in [0.25, 0.3) is 5.91 Å². The topological polar surface area (TPSA) is 86.8 Å². The second kappa shape index (κ2) is 10.3. The van der Waals surface area contributed by atoms with Crippen LogP contribution in [0, 0.1) is 0 Å². The fraction of sp³-hybridized carbons (Fsp3) is 0.200. The number of fused-ring (bicyclic) bond motifs is 2. The Balaban J connectivity index is 1.25. The number of pyridine rings is 2. The van der Waals surface area contributed by atoms with Gasteiger partial charge in [-0.2, -0.15) is 0 Å². The number of amides is 1. The van der Waals surface area contributed by atoms with Crippen LogP contribution in [0.1, 0.15) is 52.0 Å². The van der Waals surface area contributed by atoms with E-state index < -0.39 is 0 Å². The molecule has 0 aliphatic heterocycles. The molecule has 2 N–H and O–H groups in total. The largest absolute Gasteiger partial charge is 0.341 e. The van der Waals surface area contributed by atoms with Gasteiger partial charge in [0, 0.05) is 24.6 Å². The third-order valence-corrected chi connectivity index (χ3v) is 6.89. The SMILES string of the molecule is O=C(Nc1ccc(CN(Cc2nc3ccccc3[nH]2)C2CCCc3cccnc32)cc1)c1ccccn1. The van der Waals surface area contributed by atoms with Gasteiger partial charge in [-0.1, -0.05) is 36.4 Å². The van der Waals surface area contributed by atoms with Crippen molar-refractivity contribution < 1.29 is 4.79 Å². The molecule has 1 aliphatic rings. The second-order valence-corrected chi connectivity index (χ2v) is 9.43. The summed E-state index contributed by atoms with van der Waals surface area (Å²) in [6.45, 7) is 1.43. The molecule has 7 nitrogen and oxygen atoms in total. The molecule has 2 aromatic carbocycles. The van der Waals surface area contributed by atoms with Crippen molar-refractivity contribution in [2.24, 2.45) is 0 Å². The number of anilines is 1. The average Bonchev–Trinajstić information content (AvgIpc) is 3.36. The quantitative estimate of drug-likeness (QED) is 0.308. The van der Waals surface area contributed by atoms with E-state index in [0.717, 1.165) is 53.9 Å². The molecule has 1 aliphatic carbocycles. The van der Waals surface area contributed by atoms with Crippen molar-refractivity contribution in [3.8, 4) is 0 Å². The monoisotopic (exact) mass is 488 g/mol. The van der Waals surface area contributed by atoms with Gasteiger partial charge in [-0.25, -0.2) is 4.98 Å². The van der Waals surface area contributed by atoms with Crippen LogP contribution in [0.5, 0.6) is 0 Å². The molecular formula is C30H28N6O. The van der Waals surface area contributed by atoms with Gasteiger partial charge < -0.3 is 10.3 Å². The summed E-state index contributed by atoms with van der Waals surface area (Å²) >= 11 is 0. The summed E-state index contributed by atoms with van der Waals surface area (Å²) < 4.78 is 0. The van der Waals surface area contributed by atoms with Crippen molar-refractivity contribution in [3.05, 3.63) is 120 Å². The third kappa shape index (κ3) is 5.13. The average molecular weight is 489 g/mol. The molecule has 6 rings (SSSR count). The summed E-state index contributed by atoms with van der Waals surface area (Å²) in [5.74, 6) is 0.730. The van der Waals surface area contributed by atoms with E-state index >= 15 is 0 Å². The van der Waals surface area contributed by atoms with Gasteiger partial charge in [0.15, 0.2) is 0 Å². The summed E-state index contributed by atoms with van der Waals surface area (Å²) in [5.41, 5.74) is 6.83. The molecule has 0 saturated carbocycles. The number of imidazole rings is 1. The zero-order valence-corrected chi connectivity index (χ0v) is 20.5. The van der Waals surface area contributed by atoms with Gasteiger partial charge in [0.1, 0.15) is 11.5 Å². The van der Waals surface area contributed by atoms with Crippen LogP contribution >= 0.6 is 0 Å². The van der Waals surface area contributed by atoms with Gasteiger partial charge in [-0.05, 0) is 72.9 Å². The van der Waals surface area contributed by atoms with E-state index in [-0.39, 0.29) is 11.9 Å². The summed E-state index contributed by atoms with van der Waals surface area (Å²) in [4.78, 5) is 32.2. The molecule has 1 atom stereocenters. The smallest absolute Gasteiger partial charge is 0.274 e.